The molecule has 29 heavy (non-hydrogen) atoms. The van der Waals surface area contributed by atoms with Crippen LogP contribution >= 0.6 is 0 Å². The molecule has 0 saturated carbocycles. The molecule has 0 unspecified atom stereocenters. The molecule has 1 amide bonds. The quantitative estimate of drug-likeness (QED) is 0.648. The molecule has 2 aromatic carbocycles. The second kappa shape index (κ2) is 8.68. The van der Waals surface area contributed by atoms with Crippen molar-refractivity contribution in [2.75, 3.05) is 45.9 Å². The number of piperazine rings is 1. The lowest BCUT2D eigenvalue weighted by Crippen LogP contribution is -2.47. The number of likely N-dealkylation sites (N-methyl/N-ethyl adjacent to an activating group) is 1. The van der Waals surface area contributed by atoms with E-state index in [0.717, 1.165) is 67.2 Å². The van der Waals surface area contributed by atoms with Crippen LogP contribution in [0.3, 0.4) is 0 Å². The lowest BCUT2D eigenvalue weighted by molar-refractivity contribution is 0.100. The molecule has 1 saturated heterocycles. The number of ether oxygens (including phenoxy) is 1. The normalized spacial score (nSPS) is 15.6. The van der Waals surface area contributed by atoms with Crippen molar-refractivity contribution in [3.05, 3.63) is 54.1 Å². The second-order valence-electron chi connectivity index (χ2n) is 7.47. The average molecular weight is 393 g/mol. The van der Waals surface area contributed by atoms with Crippen LogP contribution in [0, 0.1) is 0 Å². The number of nitrogens with one attached hydrogen (secondary N) is 1. The van der Waals surface area contributed by atoms with Gasteiger partial charge < -0.3 is 20.4 Å². The zero-order valence-electron chi connectivity index (χ0n) is 16.9. The Kier molecular flexibility index (Phi) is 5.83. The Bertz CT molecular complexity index is 972. The number of fused-ring (bicyclic) bond motifs is 1. The highest BCUT2D eigenvalue weighted by atomic mass is 16.5. The Hall–Kier alpha value is -2.83. The van der Waals surface area contributed by atoms with Crippen LogP contribution in [-0.4, -0.2) is 66.6 Å². The number of carbonyl (C=O) groups excluding carboxylic acids is 1. The van der Waals surface area contributed by atoms with Gasteiger partial charge in [0.2, 0.25) is 0 Å². The molecule has 1 aliphatic rings. The number of nitrogens with zero attached hydrogens (tertiary/aromatic N) is 2. The summed E-state index contributed by atoms with van der Waals surface area (Å²) in [6.45, 7) is 9.52. The van der Waals surface area contributed by atoms with Crippen molar-refractivity contribution >= 4 is 16.8 Å². The summed E-state index contributed by atoms with van der Waals surface area (Å²) in [7, 11) is 0. The monoisotopic (exact) mass is 392 g/mol. The Morgan fingerprint density at radius 1 is 1.07 bits per heavy atom. The standard InChI is InChI=1S/C23H28N4O2/c1-2-26-10-12-27(13-11-26)14-15-29-19-8-6-17(7-9-19)21-16-18-4-3-5-20(23(24)28)22(18)25-21/h3-9,16,25H,2,10-15H2,1H3,(H2,24,28). The van der Waals surface area contributed by atoms with Crippen molar-refractivity contribution in [2.45, 2.75) is 6.92 Å². The zero-order valence-corrected chi connectivity index (χ0v) is 16.9. The van der Waals surface area contributed by atoms with Crippen molar-refractivity contribution in [1.82, 2.24) is 14.8 Å². The number of amides is 1. The third-order valence-electron chi connectivity index (χ3n) is 5.68. The first kappa shape index (κ1) is 19.5. The summed E-state index contributed by atoms with van der Waals surface area (Å²) < 4.78 is 5.94. The van der Waals surface area contributed by atoms with Crippen LogP contribution in [0.2, 0.25) is 0 Å². The minimum Gasteiger partial charge on any atom is -0.492 e. The summed E-state index contributed by atoms with van der Waals surface area (Å²) in [6.07, 6.45) is 0. The van der Waals surface area contributed by atoms with E-state index in [9.17, 15) is 4.79 Å². The number of H-pyrrole nitrogens is 1. The molecular formula is C23H28N4O2. The Morgan fingerprint density at radius 2 is 1.79 bits per heavy atom. The lowest BCUT2D eigenvalue weighted by Gasteiger charge is -2.33. The summed E-state index contributed by atoms with van der Waals surface area (Å²) in [5.41, 5.74) is 8.76. The molecule has 6 nitrogen and oxygen atoms in total. The average Bonchev–Trinajstić information content (AvgIpc) is 3.19. The first-order chi connectivity index (χ1) is 14.1. The Morgan fingerprint density at radius 3 is 2.48 bits per heavy atom. The number of hydrogen-bond donors (Lipinski definition) is 2. The zero-order chi connectivity index (χ0) is 20.2. The summed E-state index contributed by atoms with van der Waals surface area (Å²) >= 11 is 0. The van der Waals surface area contributed by atoms with Gasteiger partial charge in [-0.15, -0.1) is 0 Å². The smallest absolute Gasteiger partial charge is 0.250 e. The molecule has 0 radical (unpaired) electrons. The summed E-state index contributed by atoms with van der Waals surface area (Å²) in [5.74, 6) is 0.443. The van der Waals surface area contributed by atoms with Gasteiger partial charge in [0.15, 0.2) is 0 Å². The topological polar surface area (TPSA) is 74.6 Å². The van der Waals surface area contributed by atoms with Gasteiger partial charge in [0.05, 0.1) is 11.1 Å². The first-order valence-corrected chi connectivity index (χ1v) is 10.2. The van der Waals surface area contributed by atoms with Crippen LogP contribution < -0.4 is 10.5 Å². The first-order valence-electron chi connectivity index (χ1n) is 10.2. The number of nitrogens with two attached hydrogens (primary N) is 1. The Labute approximate surface area is 171 Å². The van der Waals surface area contributed by atoms with Crippen molar-refractivity contribution < 1.29 is 9.53 Å². The molecule has 6 heteroatoms. The van der Waals surface area contributed by atoms with Gasteiger partial charge in [-0.3, -0.25) is 9.69 Å². The molecular weight excluding hydrogens is 364 g/mol. The van der Waals surface area contributed by atoms with Gasteiger partial charge in [-0.2, -0.15) is 0 Å². The van der Waals surface area contributed by atoms with E-state index in [1.54, 1.807) is 6.07 Å². The fourth-order valence-corrected chi connectivity index (χ4v) is 3.87. The van der Waals surface area contributed by atoms with E-state index in [1.165, 1.54) is 0 Å². The predicted molar refractivity (Wildman–Crippen MR) is 116 cm³/mol. The molecule has 0 spiro atoms. The van der Waals surface area contributed by atoms with E-state index >= 15 is 0 Å². The summed E-state index contributed by atoms with van der Waals surface area (Å²) in [6, 6.07) is 15.6. The number of para-hydroxylation sites is 1. The summed E-state index contributed by atoms with van der Waals surface area (Å²) in [5, 5.41) is 0.972. The van der Waals surface area contributed by atoms with Crippen molar-refractivity contribution in [3.63, 3.8) is 0 Å². The third-order valence-corrected chi connectivity index (χ3v) is 5.68. The van der Waals surface area contributed by atoms with Crippen molar-refractivity contribution in [2.24, 2.45) is 5.73 Å². The molecule has 4 rings (SSSR count). The molecule has 1 aliphatic heterocycles. The lowest BCUT2D eigenvalue weighted by atomic mass is 10.1. The number of hydrogen-bond acceptors (Lipinski definition) is 4. The van der Waals surface area contributed by atoms with Crippen LogP contribution in [-0.2, 0) is 0 Å². The largest absolute Gasteiger partial charge is 0.492 e. The van der Waals surface area contributed by atoms with Gasteiger partial charge in [0.1, 0.15) is 12.4 Å². The number of aromatic nitrogens is 1. The molecule has 2 heterocycles. The minimum absolute atomic E-state index is 0.427. The summed E-state index contributed by atoms with van der Waals surface area (Å²) in [4.78, 5) is 19.9. The maximum absolute atomic E-state index is 11.6. The third kappa shape index (κ3) is 4.44. The van der Waals surface area contributed by atoms with Crippen LogP contribution in [0.1, 0.15) is 17.3 Å². The molecule has 0 aliphatic carbocycles. The van der Waals surface area contributed by atoms with E-state index in [0.29, 0.717) is 12.2 Å². The van der Waals surface area contributed by atoms with E-state index < -0.39 is 5.91 Å². The number of benzene rings is 2. The molecule has 3 aromatic rings. The van der Waals surface area contributed by atoms with E-state index in [-0.39, 0.29) is 0 Å². The van der Waals surface area contributed by atoms with Crippen LogP contribution in [0.15, 0.2) is 48.5 Å². The Balaban J connectivity index is 1.36. The van der Waals surface area contributed by atoms with E-state index in [2.05, 4.69) is 21.7 Å². The molecule has 0 bridgehead atoms. The number of aromatic amines is 1. The van der Waals surface area contributed by atoms with Gasteiger partial charge in [-0.05, 0) is 48.5 Å². The van der Waals surface area contributed by atoms with Gasteiger partial charge in [0.25, 0.3) is 5.91 Å². The van der Waals surface area contributed by atoms with E-state index in [1.807, 2.05) is 42.5 Å². The van der Waals surface area contributed by atoms with Crippen LogP contribution in [0.5, 0.6) is 5.75 Å². The van der Waals surface area contributed by atoms with Gasteiger partial charge in [-0.1, -0.05) is 19.1 Å². The van der Waals surface area contributed by atoms with Crippen LogP contribution in [0.4, 0.5) is 0 Å². The number of rotatable bonds is 7. The predicted octanol–water partition coefficient (Wildman–Crippen LogP) is 2.95. The maximum Gasteiger partial charge on any atom is 0.250 e. The highest BCUT2D eigenvalue weighted by Gasteiger charge is 2.15. The molecule has 0 atom stereocenters. The molecule has 152 valence electrons. The van der Waals surface area contributed by atoms with Gasteiger partial charge in [0, 0.05) is 43.8 Å². The molecule has 1 fully saturated rings. The van der Waals surface area contributed by atoms with Crippen LogP contribution in [0.25, 0.3) is 22.2 Å². The molecule has 1 aromatic heterocycles. The van der Waals surface area contributed by atoms with Gasteiger partial charge >= 0.3 is 0 Å². The highest BCUT2D eigenvalue weighted by molar-refractivity contribution is 6.06. The SMILES string of the molecule is CCN1CCN(CCOc2ccc(-c3cc4cccc(C(N)=O)c4[nH]3)cc2)CC1. The number of primary amides is 1. The van der Waals surface area contributed by atoms with Gasteiger partial charge in [-0.25, -0.2) is 0 Å². The fourth-order valence-electron chi connectivity index (χ4n) is 3.87. The second-order valence-corrected chi connectivity index (χ2v) is 7.47. The highest BCUT2D eigenvalue weighted by Crippen LogP contribution is 2.27. The van der Waals surface area contributed by atoms with Crippen molar-refractivity contribution in [1.29, 1.82) is 0 Å². The fraction of sp³-hybridized carbons (Fsp3) is 0.348. The molecule has 3 N–H and O–H groups in total. The van der Waals surface area contributed by atoms with Crippen molar-refractivity contribution in [3.8, 4) is 17.0 Å². The number of carbonyl (C=O) groups is 1. The van der Waals surface area contributed by atoms with E-state index in [4.69, 9.17) is 10.5 Å². The minimum atomic E-state index is -0.427. The maximum atomic E-state index is 11.6.